The summed E-state index contributed by atoms with van der Waals surface area (Å²) in [4.78, 5) is 0. The van der Waals surface area contributed by atoms with Gasteiger partial charge >= 0.3 is 0 Å². The summed E-state index contributed by atoms with van der Waals surface area (Å²) in [6, 6.07) is 0. The van der Waals surface area contributed by atoms with Crippen molar-refractivity contribution in [3.8, 4) is 0 Å². The van der Waals surface area contributed by atoms with Crippen molar-refractivity contribution in [1.29, 1.82) is 0 Å². The lowest BCUT2D eigenvalue weighted by molar-refractivity contribution is 0.124. The minimum Gasteiger partial charge on any atom is -0.498 e. The van der Waals surface area contributed by atoms with Crippen LogP contribution in [0, 0.1) is 11.8 Å². The summed E-state index contributed by atoms with van der Waals surface area (Å²) in [6.45, 7) is 8.63. The van der Waals surface area contributed by atoms with Crippen molar-refractivity contribution < 1.29 is 9.13 Å². The third kappa shape index (κ3) is 3.00. The molecule has 82 valence electrons. The predicted octanol–water partition coefficient (Wildman–Crippen LogP) is 3.70. The van der Waals surface area contributed by atoms with Gasteiger partial charge in [0.1, 0.15) is 6.17 Å². The molecule has 0 aromatic heterocycles. The molecule has 0 spiro atoms. The number of alkyl halides is 1. The Bertz CT molecular complexity index is 220. The number of ether oxygens (including phenoxy) is 1. The van der Waals surface area contributed by atoms with Crippen LogP contribution in [0.2, 0.25) is 0 Å². The van der Waals surface area contributed by atoms with E-state index < -0.39 is 6.17 Å². The first-order valence-electron chi connectivity index (χ1n) is 5.46. The van der Waals surface area contributed by atoms with Gasteiger partial charge in [0.2, 0.25) is 0 Å². The molecule has 0 aromatic carbocycles. The van der Waals surface area contributed by atoms with Crippen molar-refractivity contribution in [2.24, 2.45) is 11.8 Å². The van der Waals surface area contributed by atoms with Crippen LogP contribution in [0.1, 0.15) is 40.5 Å². The SMILES string of the molecule is CC1=C(CC(C)C(C)F)OCC(C)C1. The third-order valence-corrected chi connectivity index (χ3v) is 2.96. The molecular weight excluding hydrogens is 179 g/mol. The molecule has 0 amide bonds. The first kappa shape index (κ1) is 11.5. The van der Waals surface area contributed by atoms with Gasteiger partial charge in [-0.1, -0.05) is 13.8 Å². The normalized spacial score (nSPS) is 27.1. The van der Waals surface area contributed by atoms with Crippen molar-refractivity contribution in [2.75, 3.05) is 6.61 Å². The molecule has 0 radical (unpaired) electrons. The summed E-state index contributed by atoms with van der Waals surface area (Å²) in [7, 11) is 0. The number of rotatable bonds is 3. The maximum atomic E-state index is 13.0. The molecule has 0 fully saturated rings. The van der Waals surface area contributed by atoms with Crippen molar-refractivity contribution in [1.82, 2.24) is 0 Å². The summed E-state index contributed by atoms with van der Waals surface area (Å²) in [5.74, 6) is 1.70. The Morgan fingerprint density at radius 1 is 1.50 bits per heavy atom. The number of hydrogen-bond acceptors (Lipinski definition) is 1. The van der Waals surface area contributed by atoms with E-state index in [2.05, 4.69) is 13.8 Å². The van der Waals surface area contributed by atoms with Crippen LogP contribution in [0.15, 0.2) is 11.3 Å². The third-order valence-electron chi connectivity index (χ3n) is 2.96. The Hall–Kier alpha value is -0.530. The van der Waals surface area contributed by atoms with E-state index in [4.69, 9.17) is 4.74 Å². The highest BCUT2D eigenvalue weighted by Gasteiger charge is 2.20. The van der Waals surface area contributed by atoms with E-state index in [1.54, 1.807) is 6.92 Å². The zero-order valence-corrected chi connectivity index (χ0v) is 9.64. The molecule has 14 heavy (non-hydrogen) atoms. The fraction of sp³-hybridized carbons (Fsp3) is 0.833. The molecule has 3 atom stereocenters. The zero-order chi connectivity index (χ0) is 10.7. The topological polar surface area (TPSA) is 9.23 Å². The molecule has 2 heteroatoms. The number of allylic oxidation sites excluding steroid dienone is 2. The standard InChI is InChI=1S/C12H21FO/c1-8-5-10(3)12(14-7-8)6-9(2)11(4)13/h8-9,11H,5-7H2,1-4H3. The second-order valence-corrected chi connectivity index (χ2v) is 4.68. The molecule has 1 heterocycles. The van der Waals surface area contributed by atoms with Gasteiger partial charge in [-0.05, 0) is 37.7 Å². The van der Waals surface area contributed by atoms with Crippen LogP contribution < -0.4 is 0 Å². The molecular formula is C12H21FO. The fourth-order valence-corrected chi connectivity index (χ4v) is 1.75. The van der Waals surface area contributed by atoms with Gasteiger partial charge in [0.15, 0.2) is 0 Å². The maximum Gasteiger partial charge on any atom is 0.100 e. The van der Waals surface area contributed by atoms with Crippen LogP contribution in [0.3, 0.4) is 0 Å². The summed E-state index contributed by atoms with van der Waals surface area (Å²) >= 11 is 0. The highest BCUT2D eigenvalue weighted by molar-refractivity contribution is 5.10. The van der Waals surface area contributed by atoms with Crippen LogP contribution in [-0.4, -0.2) is 12.8 Å². The van der Waals surface area contributed by atoms with E-state index in [9.17, 15) is 4.39 Å². The summed E-state index contributed by atoms with van der Waals surface area (Å²) in [5, 5.41) is 0. The molecule has 0 N–H and O–H groups in total. The van der Waals surface area contributed by atoms with Crippen LogP contribution in [-0.2, 0) is 4.74 Å². The predicted molar refractivity (Wildman–Crippen MR) is 56.8 cm³/mol. The van der Waals surface area contributed by atoms with Gasteiger partial charge < -0.3 is 4.74 Å². The van der Waals surface area contributed by atoms with Crippen LogP contribution in [0.25, 0.3) is 0 Å². The average molecular weight is 200 g/mol. The van der Waals surface area contributed by atoms with E-state index in [1.165, 1.54) is 5.57 Å². The van der Waals surface area contributed by atoms with Crippen molar-refractivity contribution in [2.45, 2.75) is 46.7 Å². The van der Waals surface area contributed by atoms with Gasteiger partial charge in [-0.15, -0.1) is 0 Å². The monoisotopic (exact) mass is 200 g/mol. The van der Waals surface area contributed by atoms with Crippen molar-refractivity contribution >= 4 is 0 Å². The lowest BCUT2D eigenvalue weighted by Crippen LogP contribution is -2.18. The second kappa shape index (κ2) is 4.81. The zero-order valence-electron chi connectivity index (χ0n) is 9.64. The van der Waals surface area contributed by atoms with Gasteiger partial charge in [-0.25, -0.2) is 4.39 Å². The van der Waals surface area contributed by atoms with Gasteiger partial charge in [0.05, 0.1) is 12.4 Å². The first-order valence-corrected chi connectivity index (χ1v) is 5.46. The molecule has 0 saturated heterocycles. The van der Waals surface area contributed by atoms with Gasteiger partial charge in [-0.2, -0.15) is 0 Å². The van der Waals surface area contributed by atoms with E-state index in [-0.39, 0.29) is 5.92 Å². The molecule has 1 nitrogen and oxygen atoms in total. The highest BCUT2D eigenvalue weighted by Crippen LogP contribution is 2.28. The smallest absolute Gasteiger partial charge is 0.100 e. The Balaban J connectivity index is 2.55. The largest absolute Gasteiger partial charge is 0.498 e. The Labute approximate surface area is 86.3 Å². The lowest BCUT2D eigenvalue weighted by atomic mass is 9.94. The minimum atomic E-state index is -0.752. The summed E-state index contributed by atoms with van der Waals surface area (Å²) in [5.41, 5.74) is 1.30. The first-order chi connectivity index (χ1) is 6.50. The Morgan fingerprint density at radius 2 is 2.14 bits per heavy atom. The molecule has 1 rings (SSSR count). The fourth-order valence-electron chi connectivity index (χ4n) is 1.75. The molecule has 1 aliphatic heterocycles. The van der Waals surface area contributed by atoms with E-state index in [1.807, 2.05) is 6.92 Å². The summed E-state index contributed by atoms with van der Waals surface area (Å²) < 4.78 is 18.6. The molecule has 0 saturated carbocycles. The molecule has 3 unspecified atom stereocenters. The van der Waals surface area contributed by atoms with E-state index in [0.717, 1.165) is 25.2 Å². The highest BCUT2D eigenvalue weighted by atomic mass is 19.1. The van der Waals surface area contributed by atoms with Gasteiger partial charge in [-0.3, -0.25) is 0 Å². The lowest BCUT2D eigenvalue weighted by Gasteiger charge is -2.26. The Morgan fingerprint density at radius 3 is 2.64 bits per heavy atom. The molecule has 0 bridgehead atoms. The van der Waals surface area contributed by atoms with Crippen LogP contribution in [0.5, 0.6) is 0 Å². The number of halogens is 1. The van der Waals surface area contributed by atoms with Gasteiger partial charge in [0.25, 0.3) is 0 Å². The Kier molecular flexibility index (Phi) is 3.97. The average Bonchev–Trinajstić information content (AvgIpc) is 2.09. The molecule has 0 aromatic rings. The van der Waals surface area contributed by atoms with E-state index >= 15 is 0 Å². The quantitative estimate of drug-likeness (QED) is 0.675. The molecule has 1 aliphatic rings. The van der Waals surface area contributed by atoms with Crippen LogP contribution >= 0.6 is 0 Å². The summed E-state index contributed by atoms with van der Waals surface area (Å²) in [6.07, 6.45) is 1.09. The van der Waals surface area contributed by atoms with Crippen molar-refractivity contribution in [3.63, 3.8) is 0 Å². The number of hydrogen-bond donors (Lipinski definition) is 0. The van der Waals surface area contributed by atoms with Crippen LogP contribution in [0.4, 0.5) is 4.39 Å². The van der Waals surface area contributed by atoms with Gasteiger partial charge in [0, 0.05) is 6.42 Å². The minimum absolute atomic E-state index is 0.0633. The maximum absolute atomic E-state index is 13.0. The van der Waals surface area contributed by atoms with E-state index in [0.29, 0.717) is 5.92 Å². The second-order valence-electron chi connectivity index (χ2n) is 4.68. The molecule has 0 aliphatic carbocycles. The van der Waals surface area contributed by atoms with Crippen molar-refractivity contribution in [3.05, 3.63) is 11.3 Å².